The molecule has 1 atom stereocenters. The maximum absolute atomic E-state index is 12.8. The van der Waals surface area contributed by atoms with E-state index in [4.69, 9.17) is 5.73 Å². The Morgan fingerprint density at radius 1 is 1.17 bits per heavy atom. The lowest BCUT2D eigenvalue weighted by Gasteiger charge is -2.24. The number of nitrogen functional groups attached to an aromatic ring is 1. The zero-order chi connectivity index (χ0) is 18.0. The van der Waals surface area contributed by atoms with Crippen LogP contribution < -0.4 is 17.0 Å². The highest BCUT2D eigenvalue weighted by Crippen LogP contribution is 2.12. The van der Waals surface area contributed by atoms with Crippen molar-refractivity contribution in [2.75, 3.05) is 12.8 Å². The molecular formula is C17H22N4O3. The molecule has 7 nitrogen and oxygen atoms in total. The first-order valence-electron chi connectivity index (χ1n) is 7.59. The van der Waals surface area contributed by atoms with E-state index in [0.29, 0.717) is 6.54 Å². The molecule has 0 spiro atoms. The summed E-state index contributed by atoms with van der Waals surface area (Å²) in [6, 6.07) is 9.15. The molecule has 2 aromatic rings. The summed E-state index contributed by atoms with van der Waals surface area (Å²) in [5, 5.41) is 0. The molecule has 0 unspecified atom stereocenters. The molecule has 1 heterocycles. The van der Waals surface area contributed by atoms with Crippen LogP contribution in [-0.4, -0.2) is 32.9 Å². The normalized spacial score (nSPS) is 12.4. The highest BCUT2D eigenvalue weighted by atomic mass is 16.2. The molecule has 0 aliphatic rings. The summed E-state index contributed by atoms with van der Waals surface area (Å²) in [6.45, 7) is 2.27. The van der Waals surface area contributed by atoms with E-state index in [1.54, 1.807) is 14.0 Å². The number of carbonyl (C=O) groups is 1. The van der Waals surface area contributed by atoms with Crippen LogP contribution in [0.5, 0.6) is 0 Å². The lowest BCUT2D eigenvalue weighted by Crippen LogP contribution is -2.45. The first-order chi connectivity index (χ1) is 11.3. The summed E-state index contributed by atoms with van der Waals surface area (Å²) in [6.07, 6.45) is 0. The van der Waals surface area contributed by atoms with Gasteiger partial charge in [-0.3, -0.25) is 23.6 Å². The van der Waals surface area contributed by atoms with Gasteiger partial charge in [0.15, 0.2) is 5.78 Å². The number of nitrogens with zero attached hydrogens (tertiary/aromatic N) is 3. The predicted molar refractivity (Wildman–Crippen MR) is 93.0 cm³/mol. The summed E-state index contributed by atoms with van der Waals surface area (Å²) < 4.78 is 2.01. The number of ketones is 1. The summed E-state index contributed by atoms with van der Waals surface area (Å²) in [5.41, 5.74) is 5.54. The van der Waals surface area contributed by atoms with Gasteiger partial charge in [0.1, 0.15) is 11.4 Å². The first kappa shape index (κ1) is 17.7. The largest absolute Gasteiger partial charge is 0.384 e. The number of benzene rings is 1. The third kappa shape index (κ3) is 3.16. The van der Waals surface area contributed by atoms with Gasteiger partial charge in [0, 0.05) is 20.6 Å². The monoisotopic (exact) mass is 330 g/mol. The van der Waals surface area contributed by atoms with Crippen molar-refractivity contribution >= 4 is 11.6 Å². The van der Waals surface area contributed by atoms with Crippen molar-refractivity contribution < 1.29 is 4.79 Å². The van der Waals surface area contributed by atoms with Crippen LogP contribution in [0.3, 0.4) is 0 Å². The van der Waals surface area contributed by atoms with Gasteiger partial charge in [-0.05, 0) is 19.5 Å². The Balaban J connectivity index is 2.35. The smallest absolute Gasteiger partial charge is 0.332 e. The SMILES string of the molecule is C[C@@H](C(=O)c1c(N)n(C)c(=O)n(C)c1=O)N(C)Cc1ccccc1. The van der Waals surface area contributed by atoms with E-state index < -0.39 is 23.1 Å². The highest BCUT2D eigenvalue weighted by Gasteiger charge is 2.27. The van der Waals surface area contributed by atoms with Crippen molar-refractivity contribution in [3.63, 3.8) is 0 Å². The van der Waals surface area contributed by atoms with E-state index >= 15 is 0 Å². The van der Waals surface area contributed by atoms with Crippen molar-refractivity contribution in [2.24, 2.45) is 14.1 Å². The maximum Gasteiger partial charge on any atom is 0.332 e. The second-order valence-corrected chi connectivity index (χ2v) is 5.91. The van der Waals surface area contributed by atoms with Crippen LogP contribution in [0.2, 0.25) is 0 Å². The van der Waals surface area contributed by atoms with E-state index in [0.717, 1.165) is 14.7 Å². The number of Topliss-reactive ketones (excluding diaryl/α,β-unsaturated/α-hetero) is 1. The lowest BCUT2D eigenvalue weighted by atomic mass is 10.1. The zero-order valence-electron chi connectivity index (χ0n) is 14.3. The van der Waals surface area contributed by atoms with Gasteiger partial charge in [0.05, 0.1) is 6.04 Å². The van der Waals surface area contributed by atoms with Crippen LogP contribution in [0, 0.1) is 0 Å². The standard InChI is InChI=1S/C17H22N4O3/c1-11(19(2)10-12-8-6-5-7-9-12)14(22)13-15(18)20(3)17(24)21(4)16(13)23/h5-9,11H,10,18H2,1-4H3/t11-/m0/s1. The molecule has 0 saturated carbocycles. The van der Waals surface area contributed by atoms with Crippen molar-refractivity contribution in [3.8, 4) is 0 Å². The average molecular weight is 330 g/mol. The van der Waals surface area contributed by atoms with Gasteiger partial charge < -0.3 is 5.73 Å². The van der Waals surface area contributed by atoms with Gasteiger partial charge in [-0.15, -0.1) is 0 Å². The van der Waals surface area contributed by atoms with Crippen LogP contribution in [0.4, 0.5) is 5.82 Å². The molecule has 0 amide bonds. The zero-order valence-corrected chi connectivity index (χ0v) is 14.3. The molecule has 2 N–H and O–H groups in total. The van der Waals surface area contributed by atoms with Gasteiger partial charge in [-0.2, -0.15) is 0 Å². The summed E-state index contributed by atoms with van der Waals surface area (Å²) in [4.78, 5) is 38.8. The number of anilines is 1. The van der Waals surface area contributed by atoms with E-state index in [-0.39, 0.29) is 11.4 Å². The van der Waals surface area contributed by atoms with Gasteiger partial charge in [0.25, 0.3) is 5.56 Å². The second kappa shape index (κ2) is 6.84. The Morgan fingerprint density at radius 3 is 2.33 bits per heavy atom. The maximum atomic E-state index is 12.8. The van der Waals surface area contributed by atoms with E-state index in [1.165, 1.54) is 14.1 Å². The molecule has 1 aromatic carbocycles. The molecule has 0 bridgehead atoms. The number of carbonyl (C=O) groups excluding carboxylic acids is 1. The van der Waals surface area contributed by atoms with Crippen LogP contribution in [0.15, 0.2) is 39.9 Å². The molecule has 0 aliphatic heterocycles. The van der Waals surface area contributed by atoms with Crippen molar-refractivity contribution in [1.82, 2.24) is 14.0 Å². The molecule has 24 heavy (non-hydrogen) atoms. The minimum Gasteiger partial charge on any atom is -0.384 e. The summed E-state index contributed by atoms with van der Waals surface area (Å²) in [5.74, 6) is -0.504. The quantitative estimate of drug-likeness (QED) is 0.800. The van der Waals surface area contributed by atoms with Crippen molar-refractivity contribution in [2.45, 2.75) is 19.5 Å². The van der Waals surface area contributed by atoms with Crippen LogP contribution in [0.1, 0.15) is 22.8 Å². The molecule has 2 rings (SSSR count). The number of likely N-dealkylation sites (N-methyl/N-ethyl adjacent to an activating group) is 1. The fourth-order valence-electron chi connectivity index (χ4n) is 2.51. The third-order valence-corrected chi connectivity index (χ3v) is 4.27. The Kier molecular flexibility index (Phi) is 5.04. The fraction of sp³-hybridized carbons (Fsp3) is 0.353. The predicted octanol–water partition coefficient (Wildman–Crippen LogP) is 0.369. The number of rotatable bonds is 5. The molecule has 0 radical (unpaired) electrons. The number of hydrogen-bond donors (Lipinski definition) is 1. The molecular weight excluding hydrogens is 308 g/mol. The second-order valence-electron chi connectivity index (χ2n) is 5.91. The number of aromatic nitrogens is 2. The van der Waals surface area contributed by atoms with E-state index in [1.807, 2.05) is 35.2 Å². The Hall–Kier alpha value is -2.67. The van der Waals surface area contributed by atoms with E-state index in [9.17, 15) is 14.4 Å². The Bertz CT molecular complexity index is 868. The molecule has 128 valence electrons. The van der Waals surface area contributed by atoms with Crippen molar-refractivity contribution in [3.05, 3.63) is 62.3 Å². The van der Waals surface area contributed by atoms with Gasteiger partial charge in [-0.25, -0.2) is 4.79 Å². The van der Waals surface area contributed by atoms with Crippen molar-refractivity contribution in [1.29, 1.82) is 0 Å². The number of hydrogen-bond acceptors (Lipinski definition) is 5. The summed E-state index contributed by atoms with van der Waals surface area (Å²) >= 11 is 0. The topological polar surface area (TPSA) is 90.3 Å². The Labute approximate surface area is 139 Å². The van der Waals surface area contributed by atoms with Gasteiger partial charge >= 0.3 is 5.69 Å². The lowest BCUT2D eigenvalue weighted by molar-refractivity contribution is 0.0860. The minimum absolute atomic E-state index is 0.104. The molecule has 0 fully saturated rings. The van der Waals surface area contributed by atoms with Gasteiger partial charge in [0.2, 0.25) is 0 Å². The fourth-order valence-corrected chi connectivity index (χ4v) is 2.51. The minimum atomic E-state index is -0.666. The Morgan fingerprint density at radius 2 is 1.75 bits per heavy atom. The molecule has 0 saturated heterocycles. The highest BCUT2D eigenvalue weighted by molar-refractivity contribution is 6.03. The average Bonchev–Trinajstić information content (AvgIpc) is 2.58. The molecule has 7 heteroatoms. The number of nitrogens with two attached hydrogens (primary N) is 1. The van der Waals surface area contributed by atoms with Crippen LogP contribution in [-0.2, 0) is 20.6 Å². The first-order valence-corrected chi connectivity index (χ1v) is 7.59. The third-order valence-electron chi connectivity index (χ3n) is 4.27. The summed E-state index contributed by atoms with van der Waals surface area (Å²) in [7, 11) is 4.57. The molecule has 1 aromatic heterocycles. The van der Waals surface area contributed by atoms with E-state index in [2.05, 4.69) is 0 Å². The van der Waals surface area contributed by atoms with Crippen LogP contribution >= 0.6 is 0 Å². The van der Waals surface area contributed by atoms with Gasteiger partial charge in [-0.1, -0.05) is 30.3 Å². The van der Waals surface area contributed by atoms with Crippen LogP contribution in [0.25, 0.3) is 0 Å². The molecule has 0 aliphatic carbocycles.